The van der Waals surface area contributed by atoms with Gasteiger partial charge in [-0.3, -0.25) is 9.69 Å². The van der Waals surface area contributed by atoms with E-state index in [1.807, 2.05) is 12.1 Å². The summed E-state index contributed by atoms with van der Waals surface area (Å²) in [4.78, 5) is 15.3. The second-order valence-electron chi connectivity index (χ2n) is 5.84. The quantitative estimate of drug-likeness (QED) is 0.533. The first kappa shape index (κ1) is 18.5. The molecule has 0 bridgehead atoms. The lowest BCUT2D eigenvalue weighted by atomic mass is 10.1. The van der Waals surface area contributed by atoms with E-state index in [4.69, 9.17) is 17.0 Å². The Morgan fingerprint density at radius 1 is 1.19 bits per heavy atom. The van der Waals surface area contributed by atoms with E-state index in [0.717, 1.165) is 15.6 Å². The average Bonchev–Trinajstić information content (AvgIpc) is 2.79. The molecule has 1 saturated heterocycles. The highest BCUT2D eigenvalue weighted by molar-refractivity contribution is 9.10. The molecule has 0 spiro atoms. The van der Waals surface area contributed by atoms with Gasteiger partial charge >= 0.3 is 0 Å². The molecule has 0 saturated carbocycles. The molecule has 7 heteroatoms. The van der Waals surface area contributed by atoms with Crippen LogP contribution in [0.4, 0.5) is 4.39 Å². The van der Waals surface area contributed by atoms with E-state index in [-0.39, 0.29) is 18.3 Å². The van der Waals surface area contributed by atoms with Crippen molar-refractivity contribution in [2.75, 3.05) is 14.1 Å². The van der Waals surface area contributed by atoms with Crippen molar-refractivity contribution >= 4 is 45.2 Å². The number of ether oxygens (including phenoxy) is 1. The average molecular weight is 435 g/mol. The summed E-state index contributed by atoms with van der Waals surface area (Å²) < 4.78 is 19.7. The standard InChI is InChI=1S/C19H16BrFN2O2S/c1-22-16(18(24)23(2)19(22)26)10-12-6-7-17(15(20)9-12)25-11-13-4-3-5-14(21)8-13/h3-10H,11H2,1-2H3/b16-10-. The zero-order chi connectivity index (χ0) is 18.8. The second kappa shape index (κ2) is 7.55. The number of hydrogen-bond donors (Lipinski definition) is 0. The maximum Gasteiger partial charge on any atom is 0.276 e. The lowest BCUT2D eigenvalue weighted by Gasteiger charge is -2.12. The fourth-order valence-corrected chi connectivity index (χ4v) is 3.25. The molecule has 134 valence electrons. The molecule has 26 heavy (non-hydrogen) atoms. The molecule has 0 aliphatic carbocycles. The van der Waals surface area contributed by atoms with Crippen LogP contribution >= 0.6 is 28.1 Å². The Kier molecular flexibility index (Phi) is 5.38. The van der Waals surface area contributed by atoms with Gasteiger partial charge in [0.2, 0.25) is 0 Å². The van der Waals surface area contributed by atoms with Crippen LogP contribution in [-0.2, 0) is 11.4 Å². The van der Waals surface area contributed by atoms with Crippen LogP contribution in [0.1, 0.15) is 11.1 Å². The number of rotatable bonds is 4. The first-order chi connectivity index (χ1) is 12.4. The van der Waals surface area contributed by atoms with Crippen molar-refractivity contribution in [3.05, 3.63) is 69.6 Å². The number of carbonyl (C=O) groups excluding carboxylic acids is 1. The first-order valence-corrected chi connectivity index (χ1v) is 9.01. The van der Waals surface area contributed by atoms with Gasteiger partial charge in [0.25, 0.3) is 5.91 Å². The van der Waals surface area contributed by atoms with Crippen molar-refractivity contribution in [3.8, 4) is 5.75 Å². The second-order valence-corrected chi connectivity index (χ2v) is 7.06. The first-order valence-electron chi connectivity index (χ1n) is 7.81. The Morgan fingerprint density at radius 2 is 1.96 bits per heavy atom. The summed E-state index contributed by atoms with van der Waals surface area (Å²) in [6, 6.07) is 11.8. The highest BCUT2D eigenvalue weighted by Crippen LogP contribution is 2.29. The fourth-order valence-electron chi connectivity index (χ4n) is 2.56. The lowest BCUT2D eigenvalue weighted by Crippen LogP contribution is -2.26. The van der Waals surface area contributed by atoms with E-state index >= 15 is 0 Å². The topological polar surface area (TPSA) is 32.8 Å². The molecule has 1 aliphatic rings. The van der Waals surface area contributed by atoms with Crippen LogP contribution in [0.2, 0.25) is 0 Å². The van der Waals surface area contributed by atoms with Gasteiger partial charge in [-0.2, -0.15) is 0 Å². The molecule has 2 aromatic rings. The SMILES string of the molecule is CN1C(=O)/C(=C/c2ccc(OCc3cccc(F)c3)c(Br)c2)N(C)C1=S. The van der Waals surface area contributed by atoms with Gasteiger partial charge in [-0.1, -0.05) is 18.2 Å². The smallest absolute Gasteiger partial charge is 0.276 e. The van der Waals surface area contributed by atoms with Crippen LogP contribution in [-0.4, -0.2) is 34.9 Å². The number of halogens is 2. The maximum absolute atomic E-state index is 13.2. The number of amides is 1. The summed E-state index contributed by atoms with van der Waals surface area (Å²) in [7, 11) is 3.42. The molecule has 4 nitrogen and oxygen atoms in total. The van der Waals surface area contributed by atoms with Gasteiger partial charge in [-0.25, -0.2) is 4.39 Å². The Hall–Kier alpha value is -2.25. The molecule has 1 heterocycles. The van der Waals surface area contributed by atoms with Gasteiger partial charge in [0.1, 0.15) is 23.9 Å². The molecule has 3 rings (SSSR count). The van der Waals surface area contributed by atoms with E-state index in [0.29, 0.717) is 16.6 Å². The van der Waals surface area contributed by atoms with E-state index < -0.39 is 0 Å². The summed E-state index contributed by atoms with van der Waals surface area (Å²) in [6.45, 7) is 0.261. The van der Waals surface area contributed by atoms with E-state index in [9.17, 15) is 9.18 Å². The summed E-state index contributed by atoms with van der Waals surface area (Å²) >= 11 is 8.68. The van der Waals surface area contributed by atoms with Crippen molar-refractivity contribution in [3.63, 3.8) is 0 Å². The Bertz CT molecular complexity index is 916. The van der Waals surface area contributed by atoms with Crippen LogP contribution in [0.15, 0.2) is 52.6 Å². The summed E-state index contributed by atoms with van der Waals surface area (Å²) in [5.41, 5.74) is 2.10. The highest BCUT2D eigenvalue weighted by Gasteiger charge is 2.32. The molecule has 0 radical (unpaired) electrons. The van der Waals surface area contributed by atoms with Crippen LogP contribution in [0.25, 0.3) is 6.08 Å². The maximum atomic E-state index is 13.2. The summed E-state index contributed by atoms with van der Waals surface area (Å²) in [5, 5.41) is 0.468. The van der Waals surface area contributed by atoms with Crippen LogP contribution in [0.3, 0.4) is 0 Å². The van der Waals surface area contributed by atoms with Gasteiger partial charge < -0.3 is 9.64 Å². The zero-order valence-electron chi connectivity index (χ0n) is 14.2. The van der Waals surface area contributed by atoms with E-state index in [1.54, 1.807) is 43.3 Å². The lowest BCUT2D eigenvalue weighted by molar-refractivity contribution is -0.121. The Balaban J connectivity index is 1.76. The van der Waals surface area contributed by atoms with Crippen molar-refractivity contribution in [2.45, 2.75) is 6.61 Å². The van der Waals surface area contributed by atoms with Crippen molar-refractivity contribution in [1.29, 1.82) is 0 Å². The summed E-state index contributed by atoms with van der Waals surface area (Å²) in [6.07, 6.45) is 1.78. The molecule has 0 atom stereocenters. The van der Waals surface area contributed by atoms with Crippen molar-refractivity contribution in [2.24, 2.45) is 0 Å². The molecule has 1 amide bonds. The molecular formula is C19H16BrFN2O2S. The molecule has 0 aromatic heterocycles. The van der Waals surface area contributed by atoms with Gasteiger partial charge in [-0.15, -0.1) is 0 Å². The van der Waals surface area contributed by atoms with E-state index in [2.05, 4.69) is 15.9 Å². The van der Waals surface area contributed by atoms with Crippen LogP contribution in [0.5, 0.6) is 5.75 Å². The molecular weight excluding hydrogens is 419 g/mol. The third-order valence-electron chi connectivity index (χ3n) is 4.00. The van der Waals surface area contributed by atoms with Gasteiger partial charge in [-0.05, 0) is 69.6 Å². The van der Waals surface area contributed by atoms with Gasteiger partial charge in [0, 0.05) is 14.1 Å². The Labute approximate surface area is 165 Å². The van der Waals surface area contributed by atoms with E-state index in [1.165, 1.54) is 17.0 Å². The minimum absolute atomic E-state index is 0.139. The van der Waals surface area contributed by atoms with Crippen LogP contribution in [0, 0.1) is 5.82 Å². The predicted molar refractivity (Wildman–Crippen MR) is 106 cm³/mol. The van der Waals surface area contributed by atoms with Crippen molar-refractivity contribution in [1.82, 2.24) is 9.80 Å². The molecule has 0 unspecified atom stereocenters. The number of nitrogens with zero attached hydrogens (tertiary/aromatic N) is 2. The molecule has 1 aliphatic heterocycles. The normalized spacial score (nSPS) is 15.9. The zero-order valence-corrected chi connectivity index (χ0v) is 16.6. The van der Waals surface area contributed by atoms with Gasteiger partial charge in [0.05, 0.1) is 4.47 Å². The van der Waals surface area contributed by atoms with Crippen molar-refractivity contribution < 1.29 is 13.9 Å². The number of hydrogen-bond acceptors (Lipinski definition) is 3. The molecule has 1 fully saturated rings. The monoisotopic (exact) mass is 434 g/mol. The Morgan fingerprint density at radius 3 is 2.58 bits per heavy atom. The number of likely N-dealkylation sites (N-methyl/N-ethyl adjacent to an activating group) is 2. The molecule has 0 N–H and O–H groups in total. The van der Waals surface area contributed by atoms with Crippen LogP contribution < -0.4 is 4.74 Å². The third-order valence-corrected chi connectivity index (χ3v) is 5.17. The predicted octanol–water partition coefficient (Wildman–Crippen LogP) is 4.20. The van der Waals surface area contributed by atoms with Gasteiger partial charge in [0.15, 0.2) is 5.11 Å². The fraction of sp³-hybridized carbons (Fsp3) is 0.158. The third kappa shape index (κ3) is 3.78. The summed E-state index contributed by atoms with van der Waals surface area (Å²) in [5.74, 6) is 0.204. The minimum Gasteiger partial charge on any atom is -0.488 e. The number of carbonyl (C=O) groups is 1. The molecule has 2 aromatic carbocycles. The highest BCUT2D eigenvalue weighted by atomic mass is 79.9. The minimum atomic E-state index is -0.291. The largest absolute Gasteiger partial charge is 0.488 e. The number of benzene rings is 2. The number of thiocarbonyl (C=S) groups is 1.